The minimum atomic E-state index is 0.566. The minimum absolute atomic E-state index is 0.566. The van der Waals surface area contributed by atoms with Gasteiger partial charge in [0.1, 0.15) is 5.82 Å². The fourth-order valence-corrected chi connectivity index (χ4v) is 1.43. The van der Waals surface area contributed by atoms with Gasteiger partial charge in [-0.3, -0.25) is 0 Å². The van der Waals surface area contributed by atoms with Crippen LogP contribution in [-0.4, -0.2) is 4.98 Å². The van der Waals surface area contributed by atoms with Crippen molar-refractivity contribution in [2.24, 2.45) is 0 Å². The Hall–Kier alpha value is -2.23. The second-order valence-electron chi connectivity index (χ2n) is 3.55. The molecule has 0 fully saturated rings. The van der Waals surface area contributed by atoms with Crippen LogP contribution in [0.15, 0.2) is 42.6 Å². The van der Waals surface area contributed by atoms with E-state index in [1.54, 1.807) is 12.3 Å². The zero-order chi connectivity index (χ0) is 11.4. The molecule has 2 rings (SSSR count). The number of hydrogen-bond donors (Lipinski definition) is 3. The summed E-state index contributed by atoms with van der Waals surface area (Å²) >= 11 is 0. The Balaban J connectivity index is 2.05. The summed E-state index contributed by atoms with van der Waals surface area (Å²) in [6.45, 7) is 0.696. The zero-order valence-corrected chi connectivity index (χ0v) is 8.85. The fourth-order valence-electron chi connectivity index (χ4n) is 1.43. The lowest BCUT2D eigenvalue weighted by Gasteiger charge is -2.08. The van der Waals surface area contributed by atoms with Gasteiger partial charge < -0.3 is 16.8 Å². The first-order valence-electron chi connectivity index (χ1n) is 5.04. The molecule has 1 aromatic carbocycles. The number of benzene rings is 1. The van der Waals surface area contributed by atoms with Gasteiger partial charge in [0.05, 0.1) is 17.6 Å². The smallest absolute Gasteiger partial charge is 0.149 e. The van der Waals surface area contributed by atoms with Crippen LogP contribution in [0.2, 0.25) is 0 Å². The van der Waals surface area contributed by atoms with E-state index in [9.17, 15) is 0 Å². The third kappa shape index (κ3) is 2.42. The van der Waals surface area contributed by atoms with Crippen molar-refractivity contribution in [3.63, 3.8) is 0 Å². The molecule has 0 unspecified atom stereocenters. The Morgan fingerprint density at radius 2 is 1.88 bits per heavy atom. The zero-order valence-electron chi connectivity index (χ0n) is 8.85. The summed E-state index contributed by atoms with van der Waals surface area (Å²) < 4.78 is 0. The van der Waals surface area contributed by atoms with E-state index < -0.39 is 0 Å². The molecule has 4 heteroatoms. The van der Waals surface area contributed by atoms with Crippen molar-refractivity contribution in [3.8, 4) is 0 Å². The molecule has 5 N–H and O–H groups in total. The van der Waals surface area contributed by atoms with Gasteiger partial charge in [-0.25, -0.2) is 4.98 Å². The number of nitrogens with two attached hydrogens (primary N) is 2. The van der Waals surface area contributed by atoms with E-state index >= 15 is 0 Å². The number of nitrogen functional groups attached to an aromatic ring is 2. The largest absolute Gasteiger partial charge is 0.397 e. The predicted octanol–water partition coefficient (Wildman–Crippen LogP) is 1.86. The van der Waals surface area contributed by atoms with E-state index in [0.717, 1.165) is 0 Å². The molecule has 1 heterocycles. The number of anilines is 3. The van der Waals surface area contributed by atoms with Gasteiger partial charge in [-0.15, -0.1) is 0 Å². The van der Waals surface area contributed by atoms with Crippen LogP contribution in [0.4, 0.5) is 17.2 Å². The molecule has 0 aliphatic rings. The molecule has 82 valence electrons. The molecular weight excluding hydrogens is 200 g/mol. The van der Waals surface area contributed by atoms with Crippen molar-refractivity contribution in [1.29, 1.82) is 0 Å². The summed E-state index contributed by atoms with van der Waals surface area (Å²) in [5.74, 6) is 0.665. The number of rotatable bonds is 3. The molecule has 0 bridgehead atoms. The van der Waals surface area contributed by atoms with Crippen LogP contribution >= 0.6 is 0 Å². The Morgan fingerprint density at radius 3 is 2.56 bits per heavy atom. The Bertz CT molecular complexity index is 468. The lowest BCUT2D eigenvalue weighted by atomic mass is 10.2. The van der Waals surface area contributed by atoms with Crippen molar-refractivity contribution >= 4 is 17.2 Å². The van der Waals surface area contributed by atoms with Crippen molar-refractivity contribution < 1.29 is 0 Å². The van der Waals surface area contributed by atoms with E-state index in [-0.39, 0.29) is 0 Å². The SMILES string of the molecule is Nc1cnc(NCc2ccccc2)c(N)c1. The van der Waals surface area contributed by atoms with Crippen LogP contribution in [0.25, 0.3) is 0 Å². The highest BCUT2D eigenvalue weighted by Gasteiger charge is 2.00. The van der Waals surface area contributed by atoms with E-state index in [4.69, 9.17) is 11.5 Å². The number of pyridine rings is 1. The highest BCUT2D eigenvalue weighted by molar-refractivity contribution is 5.65. The summed E-state index contributed by atoms with van der Waals surface area (Å²) in [6.07, 6.45) is 1.59. The average Bonchev–Trinajstić information content (AvgIpc) is 2.29. The Kier molecular flexibility index (Phi) is 2.91. The first-order valence-corrected chi connectivity index (χ1v) is 5.04. The maximum atomic E-state index is 5.78. The van der Waals surface area contributed by atoms with Crippen molar-refractivity contribution in [1.82, 2.24) is 4.98 Å². The molecule has 0 amide bonds. The normalized spacial score (nSPS) is 10.0. The van der Waals surface area contributed by atoms with Crippen molar-refractivity contribution in [2.75, 3.05) is 16.8 Å². The number of aromatic nitrogens is 1. The fraction of sp³-hybridized carbons (Fsp3) is 0.0833. The van der Waals surface area contributed by atoms with Gasteiger partial charge in [-0.05, 0) is 11.6 Å². The van der Waals surface area contributed by atoms with Gasteiger partial charge in [0.15, 0.2) is 0 Å². The Morgan fingerprint density at radius 1 is 1.12 bits per heavy atom. The molecular formula is C12H14N4. The van der Waals surface area contributed by atoms with E-state index in [1.807, 2.05) is 30.3 Å². The lowest BCUT2D eigenvalue weighted by molar-refractivity contribution is 1.11. The van der Waals surface area contributed by atoms with Gasteiger partial charge in [-0.2, -0.15) is 0 Å². The summed E-state index contributed by atoms with van der Waals surface area (Å²) in [5, 5.41) is 3.16. The lowest BCUT2D eigenvalue weighted by Crippen LogP contribution is -2.05. The molecule has 0 saturated heterocycles. The molecule has 0 spiro atoms. The predicted molar refractivity (Wildman–Crippen MR) is 66.8 cm³/mol. The second-order valence-corrected chi connectivity index (χ2v) is 3.55. The average molecular weight is 214 g/mol. The third-order valence-electron chi connectivity index (χ3n) is 2.24. The summed E-state index contributed by atoms with van der Waals surface area (Å²) in [7, 11) is 0. The monoisotopic (exact) mass is 214 g/mol. The van der Waals surface area contributed by atoms with Crippen LogP contribution in [0.3, 0.4) is 0 Å². The maximum Gasteiger partial charge on any atom is 0.149 e. The van der Waals surface area contributed by atoms with E-state index in [1.165, 1.54) is 5.56 Å². The van der Waals surface area contributed by atoms with Gasteiger partial charge in [0, 0.05) is 6.54 Å². The summed E-state index contributed by atoms with van der Waals surface area (Å²) in [6, 6.07) is 11.8. The van der Waals surface area contributed by atoms with E-state index in [0.29, 0.717) is 23.7 Å². The molecule has 0 atom stereocenters. The van der Waals surface area contributed by atoms with Crippen molar-refractivity contribution in [3.05, 3.63) is 48.2 Å². The highest BCUT2D eigenvalue weighted by Crippen LogP contribution is 2.17. The van der Waals surface area contributed by atoms with Crippen LogP contribution in [0.1, 0.15) is 5.56 Å². The standard InChI is InChI=1S/C12H14N4/c13-10-6-11(14)12(16-8-10)15-7-9-4-2-1-3-5-9/h1-6,8H,7,13-14H2,(H,15,16). The molecule has 0 radical (unpaired) electrons. The number of nitrogens with zero attached hydrogens (tertiary/aromatic N) is 1. The first kappa shape index (κ1) is 10.3. The third-order valence-corrected chi connectivity index (χ3v) is 2.24. The summed E-state index contributed by atoms with van der Waals surface area (Å²) in [4.78, 5) is 4.13. The number of nitrogens with one attached hydrogen (secondary N) is 1. The Labute approximate surface area is 94.3 Å². The van der Waals surface area contributed by atoms with Gasteiger partial charge in [-0.1, -0.05) is 30.3 Å². The molecule has 4 nitrogen and oxygen atoms in total. The molecule has 0 aliphatic carbocycles. The second kappa shape index (κ2) is 4.53. The molecule has 2 aromatic rings. The summed E-state index contributed by atoms with van der Waals surface area (Å²) in [5.41, 5.74) is 13.7. The van der Waals surface area contributed by atoms with Crippen LogP contribution in [0, 0.1) is 0 Å². The number of hydrogen-bond acceptors (Lipinski definition) is 4. The topological polar surface area (TPSA) is 77.0 Å². The quantitative estimate of drug-likeness (QED) is 0.728. The van der Waals surface area contributed by atoms with Crippen molar-refractivity contribution in [2.45, 2.75) is 6.54 Å². The van der Waals surface area contributed by atoms with Crippen LogP contribution < -0.4 is 16.8 Å². The molecule has 16 heavy (non-hydrogen) atoms. The van der Waals surface area contributed by atoms with Crippen LogP contribution in [-0.2, 0) is 6.54 Å². The van der Waals surface area contributed by atoms with Crippen LogP contribution in [0.5, 0.6) is 0 Å². The molecule has 0 saturated carbocycles. The highest BCUT2D eigenvalue weighted by atomic mass is 15.0. The van der Waals surface area contributed by atoms with E-state index in [2.05, 4.69) is 10.3 Å². The maximum absolute atomic E-state index is 5.78. The molecule has 0 aliphatic heterocycles. The first-order chi connectivity index (χ1) is 7.75. The van der Waals surface area contributed by atoms with Gasteiger partial charge in [0.25, 0.3) is 0 Å². The minimum Gasteiger partial charge on any atom is -0.397 e. The molecule has 1 aromatic heterocycles. The van der Waals surface area contributed by atoms with Gasteiger partial charge >= 0.3 is 0 Å². The van der Waals surface area contributed by atoms with Gasteiger partial charge in [0.2, 0.25) is 0 Å².